The zero-order valence-corrected chi connectivity index (χ0v) is 20.8. The second-order valence-electron chi connectivity index (χ2n) is 8.49. The van der Waals surface area contributed by atoms with Crippen LogP contribution in [0.15, 0.2) is 35.4 Å². The Bertz CT molecular complexity index is 929. The van der Waals surface area contributed by atoms with E-state index >= 15 is 0 Å². The van der Waals surface area contributed by atoms with Gasteiger partial charge in [-0.3, -0.25) is 8.98 Å². The number of hydrogen-bond acceptors (Lipinski definition) is 9. The molecule has 0 saturated carbocycles. The Labute approximate surface area is 200 Å². The summed E-state index contributed by atoms with van der Waals surface area (Å²) in [7, 11) is -3.91. The highest BCUT2D eigenvalue weighted by Gasteiger charge is 2.39. The summed E-state index contributed by atoms with van der Waals surface area (Å²) in [6.07, 6.45) is -1.05. The van der Waals surface area contributed by atoms with Crippen LogP contribution in [0, 0.1) is 11.3 Å². The van der Waals surface area contributed by atoms with Gasteiger partial charge in [0, 0.05) is 16.9 Å². The molecule has 1 rings (SSSR count). The van der Waals surface area contributed by atoms with E-state index in [1.54, 1.807) is 27.7 Å². The van der Waals surface area contributed by atoms with Crippen molar-refractivity contribution >= 4 is 22.1 Å². The first kappa shape index (κ1) is 29.4. The van der Waals surface area contributed by atoms with Crippen LogP contribution in [-0.4, -0.2) is 58.6 Å². The van der Waals surface area contributed by atoms with E-state index < -0.39 is 33.6 Å². The number of hydrogen-bond donors (Lipinski definition) is 0. The minimum absolute atomic E-state index is 0.0268. The zero-order chi connectivity index (χ0) is 25.6. The van der Waals surface area contributed by atoms with Crippen molar-refractivity contribution in [1.82, 2.24) is 0 Å². The molecule has 0 radical (unpaired) electrons. The van der Waals surface area contributed by atoms with Gasteiger partial charge in [-0.25, -0.2) is 4.79 Å². The lowest BCUT2D eigenvalue weighted by Crippen LogP contribution is -2.44. The standard InChI is InChI=1S/C22H33N3O8S/c1-17(2)20(26)30-12-13-31-21(27)19(32-15-18-9-6-5-7-10-18)22(3,4)16-33-34(28,29)14-8-11-24-25-23/h5-7,9-10,17,19H,8,11-16H2,1-4H3/t19-/m0/s1. The number of nitrogens with zero attached hydrogens (tertiary/aromatic N) is 3. The van der Waals surface area contributed by atoms with E-state index in [0.29, 0.717) is 0 Å². The van der Waals surface area contributed by atoms with Gasteiger partial charge in [0.15, 0.2) is 6.10 Å². The average molecular weight is 500 g/mol. The molecule has 0 amide bonds. The van der Waals surface area contributed by atoms with Gasteiger partial charge in [0.25, 0.3) is 10.1 Å². The first-order chi connectivity index (χ1) is 16.0. The summed E-state index contributed by atoms with van der Waals surface area (Å²) in [5.74, 6) is -1.77. The second-order valence-corrected chi connectivity index (χ2v) is 10.2. The fourth-order valence-corrected chi connectivity index (χ4v) is 3.71. The Balaban J connectivity index is 2.80. The quantitative estimate of drug-likeness (QED) is 0.0837. The third kappa shape index (κ3) is 11.5. The Kier molecular flexibility index (Phi) is 12.6. The zero-order valence-electron chi connectivity index (χ0n) is 20.0. The highest BCUT2D eigenvalue weighted by Crippen LogP contribution is 2.27. The third-order valence-electron chi connectivity index (χ3n) is 4.55. The Morgan fingerprint density at radius 2 is 1.71 bits per heavy atom. The van der Waals surface area contributed by atoms with Crippen molar-refractivity contribution in [2.24, 2.45) is 16.4 Å². The van der Waals surface area contributed by atoms with Crippen molar-refractivity contribution in [1.29, 1.82) is 0 Å². The third-order valence-corrected chi connectivity index (χ3v) is 5.82. The van der Waals surface area contributed by atoms with Gasteiger partial charge in [-0.15, -0.1) is 0 Å². The molecule has 0 aliphatic rings. The summed E-state index contributed by atoms with van der Waals surface area (Å²) in [6, 6.07) is 9.15. The van der Waals surface area contributed by atoms with Gasteiger partial charge in [-0.1, -0.05) is 63.1 Å². The summed E-state index contributed by atoms with van der Waals surface area (Å²) >= 11 is 0. The molecule has 0 spiro atoms. The largest absolute Gasteiger partial charge is 0.462 e. The monoisotopic (exact) mass is 499 g/mol. The predicted molar refractivity (Wildman–Crippen MR) is 124 cm³/mol. The molecule has 11 nitrogen and oxygen atoms in total. The van der Waals surface area contributed by atoms with Crippen LogP contribution in [0.5, 0.6) is 0 Å². The molecule has 0 N–H and O–H groups in total. The fraction of sp³-hybridized carbons (Fsp3) is 0.636. The number of benzene rings is 1. The summed E-state index contributed by atoms with van der Waals surface area (Å²) in [6.45, 7) is 6.13. The highest BCUT2D eigenvalue weighted by atomic mass is 32.2. The Hall–Kier alpha value is -2.66. The van der Waals surface area contributed by atoms with E-state index in [0.717, 1.165) is 5.56 Å². The number of azide groups is 1. The Morgan fingerprint density at radius 1 is 1.09 bits per heavy atom. The van der Waals surface area contributed by atoms with Crippen molar-refractivity contribution in [3.63, 3.8) is 0 Å². The van der Waals surface area contributed by atoms with E-state index in [-0.39, 0.29) is 51.1 Å². The molecule has 1 aromatic carbocycles. The van der Waals surface area contributed by atoms with Gasteiger partial charge >= 0.3 is 11.9 Å². The van der Waals surface area contributed by atoms with Gasteiger partial charge in [-0.2, -0.15) is 8.42 Å². The average Bonchev–Trinajstić information content (AvgIpc) is 2.79. The Morgan fingerprint density at radius 3 is 2.29 bits per heavy atom. The molecule has 34 heavy (non-hydrogen) atoms. The molecule has 0 fully saturated rings. The molecule has 0 bridgehead atoms. The lowest BCUT2D eigenvalue weighted by molar-refractivity contribution is -0.172. The molecular formula is C22H33N3O8S. The number of carbonyl (C=O) groups excluding carboxylic acids is 2. The van der Waals surface area contributed by atoms with Gasteiger partial charge in [0.2, 0.25) is 0 Å². The van der Waals surface area contributed by atoms with Crippen LogP contribution in [0.3, 0.4) is 0 Å². The van der Waals surface area contributed by atoms with Gasteiger partial charge in [0.05, 0.1) is 24.9 Å². The maximum atomic E-state index is 12.8. The second kappa shape index (κ2) is 14.6. The van der Waals surface area contributed by atoms with Crippen molar-refractivity contribution < 1.29 is 36.4 Å². The molecule has 1 atom stereocenters. The summed E-state index contributed by atoms with van der Waals surface area (Å²) < 4.78 is 45.6. The number of esters is 2. The number of carbonyl (C=O) groups is 2. The molecule has 0 aliphatic heterocycles. The molecule has 1 aromatic rings. The van der Waals surface area contributed by atoms with Crippen LogP contribution < -0.4 is 0 Å². The SMILES string of the molecule is CC(C)C(=O)OCCOC(=O)[C@H](OCc1ccccc1)C(C)(C)COS(=O)(=O)CCCN=[N+]=[N-]. The summed E-state index contributed by atoms with van der Waals surface area (Å²) in [5, 5.41) is 3.29. The molecule has 0 saturated heterocycles. The van der Waals surface area contributed by atoms with Crippen LogP contribution in [0.1, 0.15) is 39.7 Å². The summed E-state index contributed by atoms with van der Waals surface area (Å²) in [4.78, 5) is 26.9. The maximum Gasteiger partial charge on any atom is 0.336 e. The van der Waals surface area contributed by atoms with Crippen molar-refractivity contribution in [3.8, 4) is 0 Å². The normalized spacial score (nSPS) is 12.6. The minimum Gasteiger partial charge on any atom is -0.462 e. The van der Waals surface area contributed by atoms with Crippen LogP contribution in [0.25, 0.3) is 10.4 Å². The lowest BCUT2D eigenvalue weighted by atomic mass is 9.87. The minimum atomic E-state index is -3.91. The molecule has 0 unspecified atom stereocenters. The first-order valence-electron chi connectivity index (χ1n) is 10.9. The molecule has 0 aromatic heterocycles. The van der Waals surface area contributed by atoms with E-state index in [4.69, 9.17) is 23.9 Å². The maximum absolute atomic E-state index is 12.8. The van der Waals surface area contributed by atoms with Crippen molar-refractivity contribution in [2.45, 2.75) is 46.8 Å². The van der Waals surface area contributed by atoms with Crippen LogP contribution >= 0.6 is 0 Å². The topological polar surface area (TPSA) is 154 Å². The van der Waals surface area contributed by atoms with Crippen LogP contribution in [0.4, 0.5) is 0 Å². The van der Waals surface area contributed by atoms with Crippen LogP contribution in [-0.2, 0) is 44.7 Å². The van der Waals surface area contributed by atoms with E-state index in [9.17, 15) is 18.0 Å². The smallest absolute Gasteiger partial charge is 0.336 e. The number of rotatable bonds is 16. The first-order valence-corrected chi connectivity index (χ1v) is 12.4. The fourth-order valence-electron chi connectivity index (χ4n) is 2.63. The van der Waals surface area contributed by atoms with Gasteiger partial charge < -0.3 is 14.2 Å². The molecule has 12 heteroatoms. The van der Waals surface area contributed by atoms with Gasteiger partial charge in [0.1, 0.15) is 13.2 Å². The number of ether oxygens (including phenoxy) is 3. The highest BCUT2D eigenvalue weighted by molar-refractivity contribution is 7.86. The molecular weight excluding hydrogens is 466 g/mol. The van der Waals surface area contributed by atoms with E-state index in [1.165, 1.54) is 0 Å². The van der Waals surface area contributed by atoms with Crippen molar-refractivity contribution in [2.75, 3.05) is 32.1 Å². The van der Waals surface area contributed by atoms with Crippen LogP contribution in [0.2, 0.25) is 0 Å². The van der Waals surface area contributed by atoms with E-state index in [1.807, 2.05) is 30.3 Å². The molecule has 190 valence electrons. The molecule has 0 aliphatic carbocycles. The van der Waals surface area contributed by atoms with Crippen molar-refractivity contribution in [3.05, 3.63) is 46.3 Å². The van der Waals surface area contributed by atoms with Gasteiger partial charge in [-0.05, 0) is 17.5 Å². The molecule has 0 heterocycles. The lowest BCUT2D eigenvalue weighted by Gasteiger charge is -2.32. The van der Waals surface area contributed by atoms with E-state index in [2.05, 4.69) is 10.0 Å². The predicted octanol–water partition coefficient (Wildman–Crippen LogP) is 3.39. The summed E-state index contributed by atoms with van der Waals surface area (Å²) in [5.41, 5.74) is 8.00.